The number of aryl methyl sites for hydroxylation is 2. The first-order valence-electron chi connectivity index (χ1n) is 10.6. The van der Waals surface area contributed by atoms with Crippen molar-refractivity contribution in [2.75, 3.05) is 0 Å². The fourth-order valence-corrected chi connectivity index (χ4v) is 4.18. The summed E-state index contributed by atoms with van der Waals surface area (Å²) in [6.07, 6.45) is 2.75. The quantitative estimate of drug-likeness (QED) is 0.317. The van der Waals surface area contributed by atoms with Gasteiger partial charge in [0.2, 0.25) is 5.75 Å². The smallest absolute Gasteiger partial charge is 0.399 e. The Morgan fingerprint density at radius 1 is 1.00 bits per heavy atom. The van der Waals surface area contributed by atoms with Gasteiger partial charge in [-0.1, -0.05) is 44.0 Å². The second-order valence-electron chi connectivity index (χ2n) is 8.11. The fourth-order valence-electron chi connectivity index (χ4n) is 4.18. The molecule has 0 spiro atoms. The largest absolute Gasteiger partial charge is 0.573 e. The molecule has 0 saturated heterocycles. The van der Waals surface area contributed by atoms with Crippen LogP contribution in [0.2, 0.25) is 0 Å². The van der Waals surface area contributed by atoms with E-state index in [0.717, 1.165) is 25.3 Å². The van der Waals surface area contributed by atoms with Gasteiger partial charge in [-0.2, -0.15) is 0 Å². The van der Waals surface area contributed by atoms with E-state index in [9.17, 15) is 22.0 Å². The van der Waals surface area contributed by atoms with Gasteiger partial charge in [-0.15, -0.1) is 13.2 Å². The maximum absolute atomic E-state index is 14.4. The minimum Gasteiger partial charge on any atom is -0.399 e. The van der Waals surface area contributed by atoms with Crippen molar-refractivity contribution >= 4 is 0 Å². The molecular weight excluding hydrogens is 399 g/mol. The van der Waals surface area contributed by atoms with Crippen molar-refractivity contribution < 1.29 is 26.7 Å². The molecule has 30 heavy (non-hydrogen) atoms. The molecule has 2 aromatic rings. The predicted octanol–water partition coefficient (Wildman–Crippen LogP) is 7.33. The van der Waals surface area contributed by atoms with E-state index in [1.165, 1.54) is 30.4 Å². The van der Waals surface area contributed by atoms with Crippen molar-refractivity contribution in [1.29, 1.82) is 0 Å². The average molecular weight is 426 g/mol. The molecule has 3 rings (SSSR count). The molecule has 0 radical (unpaired) electrons. The Bertz CT molecular complexity index is 842. The van der Waals surface area contributed by atoms with Crippen LogP contribution in [-0.2, 0) is 25.7 Å². The number of halogens is 5. The molecule has 0 N–H and O–H groups in total. The van der Waals surface area contributed by atoms with Crippen molar-refractivity contribution in [3.63, 3.8) is 0 Å². The molecule has 1 nitrogen and oxygen atoms in total. The molecule has 2 aromatic carbocycles. The lowest BCUT2D eigenvalue weighted by atomic mass is 9.80. The van der Waals surface area contributed by atoms with E-state index in [1.807, 2.05) is 0 Å². The normalized spacial score (nSPS) is 16.4. The number of hydrogen-bond donors (Lipinski definition) is 0. The van der Waals surface area contributed by atoms with E-state index in [2.05, 4.69) is 35.9 Å². The van der Waals surface area contributed by atoms with Crippen molar-refractivity contribution in [2.45, 2.75) is 71.1 Å². The zero-order chi connectivity index (χ0) is 21.7. The highest BCUT2D eigenvalue weighted by Gasteiger charge is 2.36. The summed E-state index contributed by atoms with van der Waals surface area (Å²) in [6.45, 7) is 2.19. The summed E-state index contributed by atoms with van der Waals surface area (Å²) in [5, 5.41) is 0. The summed E-state index contributed by atoms with van der Waals surface area (Å²) < 4.78 is 69.2. The van der Waals surface area contributed by atoms with Crippen LogP contribution in [0.5, 0.6) is 5.75 Å². The molecule has 0 fully saturated rings. The number of benzene rings is 2. The van der Waals surface area contributed by atoms with E-state index < -0.39 is 23.7 Å². The molecule has 1 aliphatic carbocycles. The van der Waals surface area contributed by atoms with E-state index in [0.29, 0.717) is 18.4 Å². The zero-order valence-corrected chi connectivity index (χ0v) is 17.1. The van der Waals surface area contributed by atoms with Crippen LogP contribution in [0.25, 0.3) is 0 Å². The number of alkyl halides is 3. The number of unbranched alkanes of at least 4 members (excludes halogenated alkanes) is 2. The summed E-state index contributed by atoms with van der Waals surface area (Å²) >= 11 is 0. The number of ether oxygens (including phenoxy) is 1. The van der Waals surface area contributed by atoms with Gasteiger partial charge < -0.3 is 4.74 Å². The van der Waals surface area contributed by atoms with Gasteiger partial charge in [0.05, 0.1) is 0 Å². The lowest BCUT2D eigenvalue weighted by molar-refractivity contribution is -0.276. The maximum atomic E-state index is 14.4. The molecule has 164 valence electrons. The van der Waals surface area contributed by atoms with E-state index >= 15 is 0 Å². The maximum Gasteiger partial charge on any atom is 0.573 e. The third-order valence-corrected chi connectivity index (χ3v) is 5.83. The third kappa shape index (κ3) is 5.96. The van der Waals surface area contributed by atoms with Crippen LogP contribution in [0.15, 0.2) is 30.3 Å². The zero-order valence-electron chi connectivity index (χ0n) is 17.1. The molecule has 1 unspecified atom stereocenters. The lowest BCUT2D eigenvalue weighted by Gasteiger charge is -2.26. The summed E-state index contributed by atoms with van der Waals surface area (Å²) in [4.78, 5) is 0. The highest BCUT2D eigenvalue weighted by atomic mass is 19.4. The summed E-state index contributed by atoms with van der Waals surface area (Å²) in [5.74, 6) is -3.63. The van der Waals surface area contributed by atoms with E-state index in [-0.39, 0.29) is 17.9 Å². The van der Waals surface area contributed by atoms with Gasteiger partial charge in [-0.25, -0.2) is 8.78 Å². The number of fused-ring (bicyclic) bond motifs is 1. The lowest BCUT2D eigenvalue weighted by Crippen LogP contribution is -2.22. The van der Waals surface area contributed by atoms with Gasteiger partial charge in [0.25, 0.3) is 0 Å². The highest BCUT2D eigenvalue weighted by molar-refractivity contribution is 5.41. The molecule has 6 heteroatoms. The molecule has 0 heterocycles. The van der Waals surface area contributed by atoms with Crippen molar-refractivity contribution in [2.24, 2.45) is 5.92 Å². The Labute approximate surface area is 174 Å². The summed E-state index contributed by atoms with van der Waals surface area (Å²) in [6, 6.07) is 9.59. The molecule has 0 amide bonds. The van der Waals surface area contributed by atoms with Crippen LogP contribution in [-0.4, -0.2) is 6.36 Å². The monoisotopic (exact) mass is 426 g/mol. The summed E-state index contributed by atoms with van der Waals surface area (Å²) in [5.41, 5.74) is 3.15. The third-order valence-electron chi connectivity index (χ3n) is 5.83. The fraction of sp³-hybridized carbons (Fsp3) is 0.500. The first-order chi connectivity index (χ1) is 14.3. The van der Waals surface area contributed by atoms with Crippen molar-refractivity contribution in [3.05, 3.63) is 64.2 Å². The standard InChI is InChI=1S/C24H27F5O/c1-2-3-4-5-16-6-8-17(9-7-16)10-11-18-12-13-20-19(14-18)15-21(25)23(22(20)26)30-24(27,28)29/h6-9,15,18H,2-5,10-14H2,1H3. The minimum atomic E-state index is -5.13. The van der Waals surface area contributed by atoms with Crippen LogP contribution in [0.3, 0.4) is 0 Å². The summed E-state index contributed by atoms with van der Waals surface area (Å²) in [7, 11) is 0. The van der Waals surface area contributed by atoms with Gasteiger partial charge in [-0.3, -0.25) is 0 Å². The Hall–Kier alpha value is -2.11. The van der Waals surface area contributed by atoms with Gasteiger partial charge >= 0.3 is 6.36 Å². The molecule has 0 bridgehead atoms. The highest BCUT2D eigenvalue weighted by Crippen LogP contribution is 2.37. The molecule has 0 aliphatic heterocycles. The Kier molecular flexibility index (Phi) is 7.37. The van der Waals surface area contributed by atoms with Gasteiger partial charge in [0.1, 0.15) is 0 Å². The minimum absolute atomic E-state index is 0.142. The molecular formula is C24H27F5O. The number of rotatable bonds is 8. The van der Waals surface area contributed by atoms with Crippen LogP contribution in [0, 0.1) is 17.6 Å². The molecule has 0 aromatic heterocycles. The van der Waals surface area contributed by atoms with E-state index in [4.69, 9.17) is 0 Å². The van der Waals surface area contributed by atoms with Crippen molar-refractivity contribution in [3.8, 4) is 5.75 Å². The molecule has 0 saturated carbocycles. The van der Waals surface area contributed by atoms with E-state index in [1.54, 1.807) is 0 Å². The predicted molar refractivity (Wildman–Crippen MR) is 107 cm³/mol. The molecule has 1 atom stereocenters. The van der Waals surface area contributed by atoms with Crippen LogP contribution < -0.4 is 4.74 Å². The first kappa shape index (κ1) is 22.6. The average Bonchev–Trinajstić information content (AvgIpc) is 2.70. The van der Waals surface area contributed by atoms with Gasteiger partial charge in [0, 0.05) is 0 Å². The van der Waals surface area contributed by atoms with Gasteiger partial charge in [-0.05, 0) is 79.2 Å². The first-order valence-corrected chi connectivity index (χ1v) is 10.6. The topological polar surface area (TPSA) is 9.23 Å². The second kappa shape index (κ2) is 9.80. The Morgan fingerprint density at radius 2 is 1.67 bits per heavy atom. The second-order valence-corrected chi connectivity index (χ2v) is 8.11. The van der Waals surface area contributed by atoms with Crippen molar-refractivity contribution in [1.82, 2.24) is 0 Å². The number of hydrogen-bond acceptors (Lipinski definition) is 1. The van der Waals surface area contributed by atoms with Gasteiger partial charge in [0.15, 0.2) is 11.6 Å². The van der Waals surface area contributed by atoms with Crippen LogP contribution in [0.1, 0.15) is 61.3 Å². The SMILES string of the molecule is CCCCCc1ccc(CCC2CCc3c(cc(F)c(OC(F)(F)F)c3F)C2)cc1. The van der Waals surface area contributed by atoms with Crippen LogP contribution in [0.4, 0.5) is 22.0 Å². The van der Waals surface area contributed by atoms with Crippen LogP contribution >= 0.6 is 0 Å². The Balaban J connectivity index is 1.59. The molecule has 1 aliphatic rings. The Morgan fingerprint density at radius 3 is 2.30 bits per heavy atom.